The molecule has 0 spiro atoms. The number of benzene rings is 2. The van der Waals surface area contributed by atoms with Crippen LogP contribution in [-0.2, 0) is 14.4 Å². The lowest BCUT2D eigenvalue weighted by molar-refractivity contribution is -0.139. The number of anilines is 1. The molecule has 1 aliphatic carbocycles. The van der Waals surface area contributed by atoms with Crippen LogP contribution in [0.4, 0.5) is 5.69 Å². The number of Topliss-reactive ketones (excluding diaryl/α,β-unsaturated/α-hetero) is 1. The molecule has 2 aliphatic rings. The van der Waals surface area contributed by atoms with Gasteiger partial charge in [0.15, 0.2) is 17.3 Å². The number of nitrogens with one attached hydrogen (secondary N) is 3. The van der Waals surface area contributed by atoms with Crippen molar-refractivity contribution in [3.63, 3.8) is 0 Å². The van der Waals surface area contributed by atoms with E-state index in [-0.39, 0.29) is 42.1 Å². The van der Waals surface area contributed by atoms with Crippen LogP contribution in [0.5, 0.6) is 11.5 Å². The molecule has 4 atom stereocenters. The van der Waals surface area contributed by atoms with Crippen LogP contribution in [-0.4, -0.2) is 67.1 Å². The lowest BCUT2D eigenvalue weighted by Gasteiger charge is -2.32. The second-order valence-electron chi connectivity index (χ2n) is 10.6. The Hall–Kier alpha value is -3.88. The summed E-state index contributed by atoms with van der Waals surface area (Å²) in [6.07, 6.45) is 2.26. The van der Waals surface area contributed by atoms with Gasteiger partial charge in [-0.25, -0.2) is 0 Å². The van der Waals surface area contributed by atoms with Crippen LogP contribution in [0.25, 0.3) is 0 Å². The Balaban J connectivity index is 1.49. The Bertz CT molecular complexity index is 1250. The summed E-state index contributed by atoms with van der Waals surface area (Å²) in [6, 6.07) is 12.8. The number of likely N-dealkylation sites (tertiary alicyclic amines) is 1. The highest BCUT2D eigenvalue weighted by molar-refractivity contribution is 6.45. The van der Waals surface area contributed by atoms with E-state index in [9.17, 15) is 14.4 Å². The fraction of sp³-hybridized carbons (Fsp3) is 0.467. The Morgan fingerprint density at radius 2 is 1.72 bits per heavy atom. The maximum absolute atomic E-state index is 13.6. The van der Waals surface area contributed by atoms with E-state index in [2.05, 4.69) is 36.6 Å². The predicted octanol–water partition coefficient (Wildman–Crippen LogP) is 3.76. The monoisotopic (exact) mass is 534 g/mol. The summed E-state index contributed by atoms with van der Waals surface area (Å²) in [5, 5.41) is 14.5. The average Bonchev–Trinajstić information content (AvgIpc) is 3.54. The molecule has 39 heavy (non-hydrogen) atoms. The first-order chi connectivity index (χ1) is 18.7. The number of carbonyl (C=O) groups excluding carboxylic acids is 3. The smallest absolute Gasteiger partial charge is 0.243 e. The van der Waals surface area contributed by atoms with E-state index in [1.165, 1.54) is 26.7 Å². The van der Waals surface area contributed by atoms with Gasteiger partial charge in [-0.2, -0.15) is 0 Å². The molecule has 1 saturated carbocycles. The third-order valence-corrected chi connectivity index (χ3v) is 7.71. The van der Waals surface area contributed by atoms with Crippen molar-refractivity contribution in [2.75, 3.05) is 26.1 Å². The number of ketones is 1. The second-order valence-corrected chi connectivity index (χ2v) is 10.6. The van der Waals surface area contributed by atoms with Gasteiger partial charge in [0.2, 0.25) is 11.8 Å². The van der Waals surface area contributed by atoms with Gasteiger partial charge in [-0.1, -0.05) is 44.2 Å². The van der Waals surface area contributed by atoms with Crippen molar-refractivity contribution < 1.29 is 23.9 Å². The summed E-state index contributed by atoms with van der Waals surface area (Å²) < 4.78 is 10.7. The Morgan fingerprint density at radius 1 is 1.05 bits per heavy atom. The maximum atomic E-state index is 13.6. The van der Waals surface area contributed by atoms with E-state index < -0.39 is 11.8 Å². The van der Waals surface area contributed by atoms with E-state index in [0.29, 0.717) is 35.1 Å². The minimum absolute atomic E-state index is 0.0560. The fourth-order valence-corrected chi connectivity index (χ4v) is 5.49. The van der Waals surface area contributed by atoms with Crippen LogP contribution < -0.4 is 20.1 Å². The Morgan fingerprint density at radius 3 is 2.33 bits per heavy atom. The summed E-state index contributed by atoms with van der Waals surface area (Å²) >= 11 is 0. The zero-order valence-electron chi connectivity index (χ0n) is 23.2. The van der Waals surface area contributed by atoms with Crippen molar-refractivity contribution in [3.8, 4) is 11.5 Å². The second kappa shape index (κ2) is 11.9. The van der Waals surface area contributed by atoms with Gasteiger partial charge in [0.05, 0.1) is 20.8 Å². The van der Waals surface area contributed by atoms with Crippen molar-refractivity contribution in [1.29, 1.82) is 5.41 Å². The molecule has 3 N–H and O–H groups in total. The highest BCUT2D eigenvalue weighted by Gasteiger charge is 2.45. The van der Waals surface area contributed by atoms with Crippen molar-refractivity contribution in [1.82, 2.24) is 10.2 Å². The average molecular weight is 535 g/mol. The maximum Gasteiger partial charge on any atom is 0.243 e. The molecule has 0 bridgehead atoms. The van der Waals surface area contributed by atoms with Crippen LogP contribution in [0.2, 0.25) is 0 Å². The number of amides is 2. The normalized spacial score (nSPS) is 21.8. The van der Waals surface area contributed by atoms with Crippen LogP contribution in [0.1, 0.15) is 57.1 Å². The number of rotatable bonds is 11. The van der Waals surface area contributed by atoms with Gasteiger partial charge in [0.25, 0.3) is 0 Å². The highest BCUT2D eigenvalue weighted by Crippen LogP contribution is 2.41. The van der Waals surface area contributed by atoms with Crippen LogP contribution in [0, 0.1) is 11.3 Å². The summed E-state index contributed by atoms with van der Waals surface area (Å²) in [5.74, 6) is 0.540. The molecule has 0 radical (unpaired) electrons. The van der Waals surface area contributed by atoms with Gasteiger partial charge < -0.3 is 25.0 Å². The SMILES string of the molecule is COc1cc(NCC(=O)N2C(C(=O)NC3CC3c3ccccc3)CCC2C(C)C)c(C(=N)C(C)=O)cc1OC. The summed E-state index contributed by atoms with van der Waals surface area (Å²) in [5.41, 5.74) is 1.73. The molecule has 4 unspecified atom stereocenters. The van der Waals surface area contributed by atoms with Gasteiger partial charge in [-0.05, 0) is 36.8 Å². The molecule has 2 amide bonds. The molecule has 2 fully saturated rings. The quantitative estimate of drug-likeness (QED) is 0.378. The molecule has 9 nitrogen and oxygen atoms in total. The first-order valence-corrected chi connectivity index (χ1v) is 13.4. The van der Waals surface area contributed by atoms with Crippen molar-refractivity contribution in [3.05, 3.63) is 53.6 Å². The lowest BCUT2D eigenvalue weighted by atomic mass is 10.0. The van der Waals surface area contributed by atoms with Gasteiger partial charge in [0.1, 0.15) is 11.8 Å². The molecule has 2 aromatic rings. The molecule has 4 rings (SSSR count). The molecule has 208 valence electrons. The largest absolute Gasteiger partial charge is 0.493 e. The van der Waals surface area contributed by atoms with Gasteiger partial charge in [-0.3, -0.25) is 19.8 Å². The topological polar surface area (TPSA) is 121 Å². The molecule has 1 saturated heterocycles. The van der Waals surface area contributed by atoms with E-state index in [4.69, 9.17) is 14.9 Å². The third kappa shape index (κ3) is 6.08. The molecule has 9 heteroatoms. The summed E-state index contributed by atoms with van der Waals surface area (Å²) in [7, 11) is 2.97. The van der Waals surface area contributed by atoms with E-state index in [1.807, 2.05) is 18.2 Å². The van der Waals surface area contributed by atoms with Gasteiger partial charge in [0, 0.05) is 42.2 Å². The van der Waals surface area contributed by atoms with E-state index >= 15 is 0 Å². The minimum Gasteiger partial charge on any atom is -0.493 e. The molecular weight excluding hydrogens is 496 g/mol. The molecule has 0 aromatic heterocycles. The Labute approximate surface area is 229 Å². The highest BCUT2D eigenvalue weighted by atomic mass is 16.5. The fourth-order valence-electron chi connectivity index (χ4n) is 5.49. The number of nitrogens with zero attached hydrogens (tertiary/aromatic N) is 1. The summed E-state index contributed by atoms with van der Waals surface area (Å²) in [4.78, 5) is 40.7. The molecule has 1 heterocycles. The standard InChI is InChI=1S/C30H38N4O5/c1-17(2)24-11-12-25(30(37)33-23-13-20(23)19-9-7-6-8-10-19)34(24)28(36)16-32-22-15-27(39-5)26(38-4)14-21(22)29(31)18(3)35/h6-10,14-15,17,20,23-25,31-32H,11-13,16H2,1-5H3,(H,33,37). The first-order valence-electron chi connectivity index (χ1n) is 13.4. The minimum atomic E-state index is -0.538. The number of hydrogen-bond acceptors (Lipinski definition) is 7. The molecule has 1 aliphatic heterocycles. The number of carbonyl (C=O) groups is 3. The van der Waals surface area contributed by atoms with Crippen LogP contribution in [0.3, 0.4) is 0 Å². The lowest BCUT2D eigenvalue weighted by Crippen LogP contribution is -2.52. The zero-order valence-corrected chi connectivity index (χ0v) is 23.2. The molecular formula is C30H38N4O5. The zero-order chi connectivity index (χ0) is 28.3. The first kappa shape index (κ1) is 28.1. The Kier molecular flexibility index (Phi) is 8.57. The van der Waals surface area contributed by atoms with Crippen LogP contribution >= 0.6 is 0 Å². The molecule has 2 aromatic carbocycles. The summed E-state index contributed by atoms with van der Waals surface area (Å²) in [6.45, 7) is 5.34. The number of methoxy groups -OCH3 is 2. The van der Waals surface area contributed by atoms with Crippen LogP contribution in [0.15, 0.2) is 42.5 Å². The van der Waals surface area contributed by atoms with Crippen molar-refractivity contribution in [2.24, 2.45) is 5.92 Å². The van der Waals surface area contributed by atoms with Gasteiger partial charge >= 0.3 is 0 Å². The van der Waals surface area contributed by atoms with Crippen molar-refractivity contribution in [2.45, 2.75) is 64.1 Å². The third-order valence-electron chi connectivity index (χ3n) is 7.71. The van der Waals surface area contributed by atoms with E-state index in [0.717, 1.165) is 12.8 Å². The predicted molar refractivity (Wildman–Crippen MR) is 150 cm³/mol. The van der Waals surface area contributed by atoms with Crippen molar-refractivity contribution >= 4 is 29.0 Å². The number of hydrogen-bond donors (Lipinski definition) is 3. The van der Waals surface area contributed by atoms with E-state index in [1.54, 1.807) is 17.0 Å². The van der Waals surface area contributed by atoms with Gasteiger partial charge in [-0.15, -0.1) is 0 Å². The number of ether oxygens (including phenoxy) is 2.